The maximum absolute atomic E-state index is 11.7. The second kappa shape index (κ2) is 5.70. The van der Waals surface area contributed by atoms with Gasteiger partial charge in [0.1, 0.15) is 0 Å². The first-order chi connectivity index (χ1) is 8.32. The lowest BCUT2D eigenvalue weighted by atomic mass is 10.1. The molecule has 0 saturated heterocycles. The van der Waals surface area contributed by atoms with E-state index in [0.717, 1.165) is 0 Å². The molecule has 2 atom stereocenters. The Balaban J connectivity index is 2.87. The van der Waals surface area contributed by atoms with Crippen molar-refractivity contribution >= 4 is 29.2 Å². The van der Waals surface area contributed by atoms with Gasteiger partial charge in [-0.25, -0.2) is 4.79 Å². The van der Waals surface area contributed by atoms with E-state index in [4.69, 9.17) is 22.4 Å². The number of carbonyl (C=O) groups excluding carboxylic acids is 1. The number of carboxylic acid groups (broad SMARTS) is 1. The maximum atomic E-state index is 11.7. The fourth-order valence-corrected chi connectivity index (χ4v) is 1.42. The molecule has 1 aromatic rings. The number of carbonyl (C=O) groups is 2. The molecule has 0 aliphatic heterocycles. The van der Waals surface area contributed by atoms with Crippen molar-refractivity contribution in [2.45, 2.75) is 19.1 Å². The van der Waals surface area contributed by atoms with E-state index in [1.165, 1.54) is 25.1 Å². The first-order valence-corrected chi connectivity index (χ1v) is 5.47. The van der Waals surface area contributed by atoms with Crippen LogP contribution in [0, 0.1) is 0 Å². The standard InChI is InChI=1S/C11H13ClN2O4/c1-5(15)9(11(17)18)14-10(16)6-2-3-7(12)8(13)4-6/h2-5,9,15H,13H2,1H3,(H,14,16)(H,17,18). The summed E-state index contributed by atoms with van der Waals surface area (Å²) in [6.45, 7) is 1.27. The molecule has 0 heterocycles. The summed E-state index contributed by atoms with van der Waals surface area (Å²) in [5.74, 6) is -1.97. The lowest BCUT2D eigenvalue weighted by Gasteiger charge is -2.17. The summed E-state index contributed by atoms with van der Waals surface area (Å²) in [4.78, 5) is 22.6. The molecule has 0 spiro atoms. The number of benzene rings is 1. The summed E-state index contributed by atoms with van der Waals surface area (Å²) < 4.78 is 0. The molecule has 0 bridgehead atoms. The van der Waals surface area contributed by atoms with E-state index in [1.807, 2.05) is 0 Å². The van der Waals surface area contributed by atoms with Gasteiger partial charge in [0.2, 0.25) is 0 Å². The van der Waals surface area contributed by atoms with Gasteiger partial charge in [0.05, 0.1) is 16.8 Å². The third-order valence-electron chi connectivity index (χ3n) is 2.29. The predicted molar refractivity (Wildman–Crippen MR) is 66.4 cm³/mol. The molecule has 5 N–H and O–H groups in total. The molecule has 0 aromatic heterocycles. The highest BCUT2D eigenvalue weighted by Crippen LogP contribution is 2.19. The van der Waals surface area contributed by atoms with Crippen LogP contribution in [0.25, 0.3) is 0 Å². The van der Waals surface area contributed by atoms with Gasteiger partial charge in [-0.3, -0.25) is 4.79 Å². The first kappa shape index (κ1) is 14.3. The van der Waals surface area contributed by atoms with Gasteiger partial charge in [0.15, 0.2) is 6.04 Å². The van der Waals surface area contributed by atoms with Crippen LogP contribution in [0.2, 0.25) is 5.02 Å². The van der Waals surface area contributed by atoms with Gasteiger partial charge in [-0.1, -0.05) is 11.6 Å². The third-order valence-corrected chi connectivity index (χ3v) is 2.64. The van der Waals surface area contributed by atoms with Crippen LogP contribution in [0.4, 0.5) is 5.69 Å². The van der Waals surface area contributed by atoms with Gasteiger partial charge in [-0.05, 0) is 25.1 Å². The molecule has 0 aliphatic carbocycles. The lowest BCUT2D eigenvalue weighted by Crippen LogP contribution is -2.47. The number of aliphatic hydroxyl groups excluding tert-OH is 1. The second-order valence-electron chi connectivity index (χ2n) is 3.77. The zero-order valence-corrected chi connectivity index (χ0v) is 10.3. The Morgan fingerprint density at radius 3 is 2.50 bits per heavy atom. The molecule has 0 fully saturated rings. The number of rotatable bonds is 4. The monoisotopic (exact) mass is 272 g/mol. The molecular weight excluding hydrogens is 260 g/mol. The van der Waals surface area contributed by atoms with Crippen LogP contribution >= 0.6 is 11.6 Å². The topological polar surface area (TPSA) is 113 Å². The SMILES string of the molecule is CC(O)C(NC(=O)c1ccc(Cl)c(N)c1)C(=O)O. The predicted octanol–water partition coefficient (Wildman–Crippen LogP) is 0.486. The molecule has 2 unspecified atom stereocenters. The highest BCUT2D eigenvalue weighted by atomic mass is 35.5. The highest BCUT2D eigenvalue weighted by molar-refractivity contribution is 6.33. The third kappa shape index (κ3) is 3.35. The minimum atomic E-state index is -1.38. The molecule has 98 valence electrons. The number of nitrogen functional groups attached to an aromatic ring is 1. The van der Waals surface area contributed by atoms with E-state index < -0.39 is 24.0 Å². The Hall–Kier alpha value is -1.79. The van der Waals surface area contributed by atoms with Crippen molar-refractivity contribution in [3.8, 4) is 0 Å². The van der Waals surface area contributed by atoms with Crippen molar-refractivity contribution in [3.05, 3.63) is 28.8 Å². The quantitative estimate of drug-likeness (QED) is 0.596. The zero-order chi connectivity index (χ0) is 13.9. The summed E-state index contributed by atoms with van der Waals surface area (Å²) in [5, 5.41) is 20.5. The molecule has 18 heavy (non-hydrogen) atoms. The minimum Gasteiger partial charge on any atom is -0.480 e. The Kier molecular flexibility index (Phi) is 4.52. The molecule has 7 heteroatoms. The largest absolute Gasteiger partial charge is 0.480 e. The van der Waals surface area contributed by atoms with Crippen LogP contribution in [0.5, 0.6) is 0 Å². The van der Waals surface area contributed by atoms with Crippen molar-refractivity contribution < 1.29 is 19.8 Å². The van der Waals surface area contributed by atoms with Crippen LogP contribution in [-0.4, -0.2) is 34.2 Å². The van der Waals surface area contributed by atoms with E-state index in [-0.39, 0.29) is 11.3 Å². The smallest absolute Gasteiger partial charge is 0.328 e. The van der Waals surface area contributed by atoms with Gasteiger partial charge in [0, 0.05) is 5.56 Å². The number of aliphatic hydroxyl groups is 1. The average Bonchev–Trinajstić information content (AvgIpc) is 2.28. The summed E-state index contributed by atoms with van der Waals surface area (Å²) in [6, 6.07) is 2.80. The molecule has 1 rings (SSSR count). The molecule has 1 amide bonds. The Morgan fingerprint density at radius 2 is 2.06 bits per heavy atom. The molecular formula is C11H13ClN2O4. The fraction of sp³-hybridized carbons (Fsp3) is 0.273. The average molecular weight is 273 g/mol. The Bertz CT molecular complexity index is 476. The molecule has 1 aromatic carbocycles. The summed E-state index contributed by atoms with van der Waals surface area (Å²) in [6.07, 6.45) is -1.21. The van der Waals surface area contributed by atoms with Crippen LogP contribution in [0.15, 0.2) is 18.2 Å². The van der Waals surface area contributed by atoms with Crippen LogP contribution in [0.1, 0.15) is 17.3 Å². The number of halogens is 1. The molecule has 0 aliphatic rings. The van der Waals surface area contributed by atoms with E-state index in [0.29, 0.717) is 5.02 Å². The highest BCUT2D eigenvalue weighted by Gasteiger charge is 2.25. The lowest BCUT2D eigenvalue weighted by molar-refractivity contribution is -0.141. The number of nitrogens with two attached hydrogens (primary N) is 1. The fourth-order valence-electron chi connectivity index (χ4n) is 1.30. The summed E-state index contributed by atoms with van der Waals surface area (Å²) in [7, 11) is 0. The normalized spacial score (nSPS) is 13.7. The molecule has 0 saturated carbocycles. The van der Waals surface area contributed by atoms with Crippen molar-refractivity contribution in [1.82, 2.24) is 5.32 Å². The molecule has 6 nitrogen and oxygen atoms in total. The van der Waals surface area contributed by atoms with Gasteiger partial charge in [-0.2, -0.15) is 0 Å². The van der Waals surface area contributed by atoms with Crippen molar-refractivity contribution in [2.75, 3.05) is 5.73 Å². The van der Waals surface area contributed by atoms with Gasteiger partial charge in [0.25, 0.3) is 5.91 Å². The number of hydrogen-bond acceptors (Lipinski definition) is 4. The number of carboxylic acids is 1. The van der Waals surface area contributed by atoms with Crippen LogP contribution in [0.3, 0.4) is 0 Å². The van der Waals surface area contributed by atoms with E-state index in [1.54, 1.807) is 0 Å². The summed E-state index contributed by atoms with van der Waals surface area (Å²) in [5.41, 5.74) is 5.92. The molecule has 0 radical (unpaired) electrons. The van der Waals surface area contributed by atoms with Crippen molar-refractivity contribution in [1.29, 1.82) is 0 Å². The number of amides is 1. The van der Waals surface area contributed by atoms with E-state index in [9.17, 15) is 14.7 Å². The van der Waals surface area contributed by atoms with Crippen molar-refractivity contribution in [3.63, 3.8) is 0 Å². The second-order valence-corrected chi connectivity index (χ2v) is 4.17. The number of aliphatic carboxylic acids is 1. The van der Waals surface area contributed by atoms with Crippen LogP contribution in [-0.2, 0) is 4.79 Å². The zero-order valence-electron chi connectivity index (χ0n) is 9.55. The van der Waals surface area contributed by atoms with E-state index >= 15 is 0 Å². The number of hydrogen-bond donors (Lipinski definition) is 4. The maximum Gasteiger partial charge on any atom is 0.328 e. The first-order valence-electron chi connectivity index (χ1n) is 5.09. The van der Waals surface area contributed by atoms with Gasteiger partial charge < -0.3 is 21.3 Å². The van der Waals surface area contributed by atoms with Crippen molar-refractivity contribution in [2.24, 2.45) is 0 Å². The van der Waals surface area contributed by atoms with E-state index in [2.05, 4.69) is 5.32 Å². The van der Waals surface area contributed by atoms with Gasteiger partial charge >= 0.3 is 5.97 Å². The number of anilines is 1. The van der Waals surface area contributed by atoms with Crippen LogP contribution < -0.4 is 11.1 Å². The van der Waals surface area contributed by atoms with Gasteiger partial charge in [-0.15, -0.1) is 0 Å². The summed E-state index contributed by atoms with van der Waals surface area (Å²) >= 11 is 5.70. The Labute approximate surface area is 108 Å². The Morgan fingerprint density at radius 1 is 1.44 bits per heavy atom. The minimum absolute atomic E-state index is 0.170. The number of nitrogens with one attached hydrogen (secondary N) is 1.